The third-order valence-electron chi connectivity index (χ3n) is 5.07. The molecule has 0 aliphatic carbocycles. The highest BCUT2D eigenvalue weighted by Gasteiger charge is 2.34. The largest absolute Gasteiger partial charge is 0.464 e. The van der Waals surface area contributed by atoms with Crippen molar-refractivity contribution in [3.63, 3.8) is 0 Å². The Kier molecular flexibility index (Phi) is 7.08. The van der Waals surface area contributed by atoms with Crippen LogP contribution < -0.4 is 9.72 Å². The van der Waals surface area contributed by atoms with Gasteiger partial charge in [-0.1, -0.05) is 28.7 Å². The number of carbonyl (C=O) groups is 1. The molecule has 0 fully saturated rings. The summed E-state index contributed by atoms with van der Waals surface area (Å²) in [5.41, 5.74) is 3.88. The van der Waals surface area contributed by atoms with Crippen LogP contribution in [-0.2, 0) is 14.3 Å². The third-order valence-corrected chi connectivity index (χ3v) is 5.32. The zero-order valence-electron chi connectivity index (χ0n) is 19.2. The molecule has 1 atom stereocenters. The number of rotatable bonds is 6. The Morgan fingerprint density at radius 3 is 2.34 bits per heavy atom. The van der Waals surface area contributed by atoms with E-state index in [1.165, 1.54) is 4.73 Å². The molecule has 1 aromatic heterocycles. The number of aryl methyl sites for hydroxylation is 2. The number of fused-ring (bicyclic) bond motifs is 1. The quantitative estimate of drug-likeness (QED) is 0.232. The van der Waals surface area contributed by atoms with Crippen LogP contribution in [0.25, 0.3) is 22.0 Å². The van der Waals surface area contributed by atoms with Crippen molar-refractivity contribution in [2.24, 2.45) is 0 Å². The number of esters is 1. The summed E-state index contributed by atoms with van der Waals surface area (Å²) in [6, 6.07) is 13.0. The number of nitrogens with zero attached hydrogens (tertiary/aromatic N) is 1. The van der Waals surface area contributed by atoms with Crippen molar-refractivity contribution in [3.05, 3.63) is 64.3 Å². The highest BCUT2D eigenvalue weighted by Crippen LogP contribution is 2.40. The third kappa shape index (κ3) is 4.88. The van der Waals surface area contributed by atoms with Crippen molar-refractivity contribution in [2.45, 2.75) is 53.2 Å². The fourth-order valence-corrected chi connectivity index (χ4v) is 3.93. The van der Waals surface area contributed by atoms with Gasteiger partial charge in [-0.2, -0.15) is 0 Å². The maximum atomic E-state index is 13.1. The minimum Gasteiger partial charge on any atom is -0.464 e. The lowest BCUT2D eigenvalue weighted by atomic mass is 9.88. The fraction of sp³-hybridized carbons (Fsp3) is 0.360. The number of hydrogen-bond acceptors (Lipinski definition) is 5. The average molecular weight is 459 g/mol. The Morgan fingerprint density at radius 2 is 1.78 bits per heavy atom. The van der Waals surface area contributed by atoms with Gasteiger partial charge in [0.15, 0.2) is 6.10 Å². The average Bonchev–Trinajstić information content (AvgIpc) is 2.71. The monoisotopic (exact) mass is 458 g/mol. The molecule has 1 N–H and O–H groups in total. The second-order valence-corrected chi connectivity index (χ2v) is 9.07. The molecule has 0 bridgehead atoms. The first-order chi connectivity index (χ1) is 15.1. The molecule has 0 aliphatic rings. The van der Waals surface area contributed by atoms with Gasteiger partial charge in [-0.05, 0) is 63.9 Å². The van der Waals surface area contributed by atoms with E-state index in [-0.39, 0.29) is 6.61 Å². The van der Waals surface area contributed by atoms with Crippen LogP contribution in [0.15, 0.2) is 42.5 Å². The van der Waals surface area contributed by atoms with Crippen LogP contribution in [0.5, 0.6) is 0 Å². The molecule has 0 saturated heterocycles. The smallest absolute Gasteiger partial charge is 0.339 e. The van der Waals surface area contributed by atoms with Crippen molar-refractivity contribution in [1.82, 2.24) is 0 Å². The van der Waals surface area contributed by atoms with Gasteiger partial charge in [-0.15, -0.1) is 5.26 Å². The Hall–Kier alpha value is -2.67. The summed E-state index contributed by atoms with van der Waals surface area (Å²) in [6.07, 6.45) is -0.949. The summed E-state index contributed by atoms with van der Waals surface area (Å²) >= 11 is 6.14. The van der Waals surface area contributed by atoms with E-state index in [2.05, 4.69) is 4.99 Å². The van der Waals surface area contributed by atoms with E-state index in [0.717, 1.165) is 22.1 Å². The summed E-state index contributed by atoms with van der Waals surface area (Å²) in [5.74, 6) is -0.460. The lowest BCUT2D eigenvalue weighted by molar-refractivity contribution is -0.942. The minimum absolute atomic E-state index is 0.239. The number of hydrogen-bond donors (Lipinski definition) is 1. The number of pyridine rings is 1. The van der Waals surface area contributed by atoms with Gasteiger partial charge in [0.25, 0.3) is 5.52 Å². The lowest BCUT2D eigenvalue weighted by Crippen LogP contribution is -2.44. The van der Waals surface area contributed by atoms with Gasteiger partial charge in [0.1, 0.15) is 0 Å². The first-order valence-electron chi connectivity index (χ1n) is 10.5. The van der Waals surface area contributed by atoms with Crippen LogP contribution in [0, 0.1) is 13.8 Å². The topological polar surface area (TPSA) is 68.9 Å². The summed E-state index contributed by atoms with van der Waals surface area (Å²) in [4.78, 5) is 17.7. The molecular weight excluding hydrogens is 430 g/mol. The fourth-order valence-electron chi connectivity index (χ4n) is 3.80. The number of carbonyl (C=O) groups excluding carboxylic acids is 1. The van der Waals surface area contributed by atoms with E-state index in [1.807, 2.05) is 65.0 Å². The molecule has 2 aromatic carbocycles. The van der Waals surface area contributed by atoms with Gasteiger partial charge in [0, 0.05) is 35.2 Å². The zero-order valence-corrected chi connectivity index (χ0v) is 20.0. The van der Waals surface area contributed by atoms with Crippen molar-refractivity contribution >= 4 is 28.5 Å². The van der Waals surface area contributed by atoms with Crippen LogP contribution in [0.4, 0.5) is 0 Å². The van der Waals surface area contributed by atoms with Crippen LogP contribution in [0.2, 0.25) is 5.02 Å². The second-order valence-electron chi connectivity index (χ2n) is 8.63. The number of ether oxygens (including phenoxy) is 2. The summed E-state index contributed by atoms with van der Waals surface area (Å²) in [6.45, 7) is 11.4. The molecule has 6 nitrogen and oxygen atoms in total. The van der Waals surface area contributed by atoms with E-state index >= 15 is 0 Å². The van der Waals surface area contributed by atoms with E-state index in [4.69, 9.17) is 21.1 Å². The van der Waals surface area contributed by atoms with Crippen molar-refractivity contribution in [2.75, 3.05) is 6.61 Å². The number of aromatic nitrogens is 1. The predicted octanol–water partition coefficient (Wildman–Crippen LogP) is 5.39. The Labute approximate surface area is 193 Å². The molecule has 7 heteroatoms. The number of halogens is 1. The van der Waals surface area contributed by atoms with Crippen molar-refractivity contribution in [3.8, 4) is 11.1 Å². The van der Waals surface area contributed by atoms with Gasteiger partial charge in [-0.3, -0.25) is 0 Å². The molecule has 0 saturated carbocycles. The van der Waals surface area contributed by atoms with Crippen LogP contribution in [-0.4, -0.2) is 23.4 Å². The predicted molar refractivity (Wildman–Crippen MR) is 123 cm³/mol. The molecular formula is C25H29ClNO5+. The Bertz CT molecular complexity index is 1140. The molecule has 3 aromatic rings. The summed E-state index contributed by atoms with van der Waals surface area (Å²) in [5, 5.41) is 10.9. The molecule has 0 aliphatic heterocycles. The SMILES string of the molecule is CCOC(=O)C(OC(C)(C)C)c1c(C)cc2c(ccc(C)[n+]2OO)c1-c1ccc(Cl)cc1. The first-order valence-corrected chi connectivity index (χ1v) is 10.9. The van der Waals surface area contributed by atoms with Gasteiger partial charge < -0.3 is 9.47 Å². The van der Waals surface area contributed by atoms with E-state index in [9.17, 15) is 10.1 Å². The second kappa shape index (κ2) is 9.45. The van der Waals surface area contributed by atoms with Crippen LogP contribution in [0.3, 0.4) is 0 Å². The molecule has 0 amide bonds. The molecule has 0 radical (unpaired) electrons. The first kappa shape index (κ1) is 24.0. The van der Waals surface area contributed by atoms with E-state index in [0.29, 0.717) is 21.8 Å². The van der Waals surface area contributed by atoms with Gasteiger partial charge in [0.2, 0.25) is 5.69 Å². The maximum Gasteiger partial charge on any atom is 0.339 e. The van der Waals surface area contributed by atoms with Crippen molar-refractivity contribution in [1.29, 1.82) is 0 Å². The molecule has 1 unspecified atom stereocenters. The normalized spacial score (nSPS) is 12.6. The minimum atomic E-state index is -0.949. The van der Waals surface area contributed by atoms with Gasteiger partial charge in [-0.25, -0.2) is 4.79 Å². The highest BCUT2D eigenvalue weighted by molar-refractivity contribution is 6.30. The summed E-state index contributed by atoms with van der Waals surface area (Å²) < 4.78 is 13.0. The lowest BCUT2D eigenvalue weighted by Gasteiger charge is -2.29. The Morgan fingerprint density at radius 1 is 1.12 bits per heavy atom. The van der Waals surface area contributed by atoms with E-state index in [1.54, 1.807) is 19.1 Å². The molecule has 0 spiro atoms. The van der Waals surface area contributed by atoms with E-state index < -0.39 is 17.7 Å². The van der Waals surface area contributed by atoms with Crippen LogP contribution >= 0.6 is 11.6 Å². The molecule has 1 heterocycles. The highest BCUT2D eigenvalue weighted by atomic mass is 35.5. The number of benzene rings is 2. The molecule has 32 heavy (non-hydrogen) atoms. The molecule has 3 rings (SSSR count). The van der Waals surface area contributed by atoms with Crippen molar-refractivity contribution < 1.29 is 29.2 Å². The summed E-state index contributed by atoms with van der Waals surface area (Å²) in [7, 11) is 0. The van der Waals surface area contributed by atoms with Crippen LogP contribution in [0.1, 0.15) is 50.6 Å². The standard InChI is InChI=1S/C25H28ClNO5/c1-7-30-24(28)23(31-25(4,5)6)21-15(2)14-20-19(13-8-16(3)27(20)32-29)22(21)17-9-11-18(26)12-10-17/h8-14,23H,7H2,1-6H3/p+1. The Balaban J connectivity index is 2.44. The maximum absolute atomic E-state index is 13.1. The zero-order chi connectivity index (χ0) is 23.6. The van der Waals surface area contributed by atoms with Gasteiger partial charge in [0.05, 0.1) is 22.3 Å². The molecule has 170 valence electrons. The van der Waals surface area contributed by atoms with Gasteiger partial charge >= 0.3 is 5.97 Å².